The predicted octanol–water partition coefficient (Wildman–Crippen LogP) is 4.17. The molecule has 138 valence electrons. The van der Waals surface area contributed by atoms with Gasteiger partial charge in [0.2, 0.25) is 0 Å². The van der Waals surface area contributed by atoms with Crippen molar-refractivity contribution in [3.05, 3.63) is 50.7 Å². The molecule has 2 aliphatic rings. The summed E-state index contributed by atoms with van der Waals surface area (Å²) < 4.78 is 29.9. The Kier molecular flexibility index (Phi) is 5.52. The third-order valence-electron chi connectivity index (χ3n) is 4.88. The van der Waals surface area contributed by atoms with Crippen molar-refractivity contribution in [3.63, 3.8) is 0 Å². The van der Waals surface area contributed by atoms with E-state index in [9.17, 15) is 8.42 Å². The van der Waals surface area contributed by atoms with Gasteiger partial charge in [0.25, 0.3) is 10.0 Å². The SMILES string of the molecule is Cc1ccc(S(=O)(=O)N=S2C3CC[C@@H](N=[N+]=[N-])C2CC[C@H]3N=[N+]=[N-])cc1. The second kappa shape index (κ2) is 7.67. The average molecular weight is 393 g/mol. The number of nitrogens with zero attached hydrogens (tertiary/aromatic N) is 7. The Hall–Kier alpha value is -2.06. The molecule has 3 rings (SSSR count). The third kappa shape index (κ3) is 3.71. The first-order valence-electron chi connectivity index (χ1n) is 8.31. The molecule has 2 fully saturated rings. The van der Waals surface area contributed by atoms with Crippen LogP contribution in [0.15, 0.2) is 43.2 Å². The maximum absolute atomic E-state index is 12.8. The van der Waals surface area contributed by atoms with E-state index in [1.165, 1.54) is 0 Å². The van der Waals surface area contributed by atoms with Gasteiger partial charge >= 0.3 is 0 Å². The highest BCUT2D eigenvalue weighted by atomic mass is 32.3. The van der Waals surface area contributed by atoms with Gasteiger partial charge in [-0.05, 0) is 55.8 Å². The van der Waals surface area contributed by atoms with E-state index in [2.05, 4.69) is 23.8 Å². The van der Waals surface area contributed by atoms with Gasteiger partial charge in [-0.3, -0.25) is 0 Å². The minimum absolute atomic E-state index is 0.116. The summed E-state index contributed by atoms with van der Waals surface area (Å²) in [7, 11) is -4.70. The van der Waals surface area contributed by atoms with Crippen molar-refractivity contribution in [2.45, 2.75) is 60.1 Å². The van der Waals surface area contributed by atoms with Gasteiger partial charge in [0, 0.05) is 20.3 Å². The fraction of sp³-hybridized carbons (Fsp3) is 0.600. The number of benzene rings is 1. The second-order valence-electron chi connectivity index (χ2n) is 6.49. The normalized spacial score (nSPS) is 30.6. The first-order chi connectivity index (χ1) is 12.5. The summed E-state index contributed by atoms with van der Waals surface area (Å²) in [5.74, 6) is 0. The van der Waals surface area contributed by atoms with Crippen LogP contribution in [0.1, 0.15) is 31.2 Å². The van der Waals surface area contributed by atoms with E-state index in [-0.39, 0.29) is 27.5 Å². The minimum Gasteiger partial charge on any atom is -0.199 e. The number of fused-ring (bicyclic) bond motifs is 2. The molecule has 0 radical (unpaired) electrons. The van der Waals surface area contributed by atoms with Crippen LogP contribution < -0.4 is 0 Å². The molecule has 1 aromatic rings. The molecule has 2 unspecified atom stereocenters. The largest absolute Gasteiger partial charge is 0.287 e. The lowest BCUT2D eigenvalue weighted by molar-refractivity contribution is 0.401. The zero-order chi connectivity index (χ0) is 18.7. The summed E-state index contributed by atoms with van der Waals surface area (Å²) in [4.78, 5) is 5.99. The van der Waals surface area contributed by atoms with Gasteiger partial charge in [-0.25, -0.2) is 0 Å². The number of aryl methyl sites for hydroxylation is 1. The number of hydrogen-bond acceptors (Lipinski definition) is 4. The zero-order valence-electron chi connectivity index (χ0n) is 14.2. The molecule has 2 bridgehead atoms. The van der Waals surface area contributed by atoms with Crippen LogP contribution in [-0.4, -0.2) is 31.0 Å². The lowest BCUT2D eigenvalue weighted by Gasteiger charge is -2.43. The van der Waals surface area contributed by atoms with E-state index in [0.717, 1.165) is 5.56 Å². The van der Waals surface area contributed by atoms with Gasteiger partial charge in [0.05, 0.1) is 17.0 Å². The molecule has 4 atom stereocenters. The smallest absolute Gasteiger partial charge is 0.199 e. The van der Waals surface area contributed by atoms with E-state index in [1.54, 1.807) is 24.3 Å². The molecule has 0 N–H and O–H groups in total. The summed E-state index contributed by atoms with van der Waals surface area (Å²) in [6.45, 7) is 1.88. The van der Waals surface area contributed by atoms with Crippen molar-refractivity contribution < 1.29 is 8.42 Å². The van der Waals surface area contributed by atoms with Gasteiger partial charge in [0.1, 0.15) is 0 Å². The zero-order valence-corrected chi connectivity index (χ0v) is 15.8. The Balaban J connectivity index is 2.05. The summed E-state index contributed by atoms with van der Waals surface area (Å²) in [6.07, 6.45) is 2.61. The molecule has 0 saturated carbocycles. The van der Waals surface area contributed by atoms with Crippen LogP contribution in [0.3, 0.4) is 0 Å². The summed E-state index contributed by atoms with van der Waals surface area (Å²) in [5.41, 5.74) is 18.6. The molecule has 0 spiro atoms. The Morgan fingerprint density at radius 3 is 1.92 bits per heavy atom. The summed E-state index contributed by atoms with van der Waals surface area (Å²) in [6, 6.07) is 6.05. The fourth-order valence-electron chi connectivity index (χ4n) is 3.59. The van der Waals surface area contributed by atoms with Crippen LogP contribution in [0.2, 0.25) is 0 Å². The van der Waals surface area contributed by atoms with E-state index < -0.39 is 20.7 Å². The molecule has 2 heterocycles. The van der Waals surface area contributed by atoms with Crippen molar-refractivity contribution in [1.82, 2.24) is 0 Å². The quantitative estimate of drug-likeness (QED) is 0.429. The maximum atomic E-state index is 12.8. The predicted molar refractivity (Wildman–Crippen MR) is 100 cm³/mol. The van der Waals surface area contributed by atoms with Gasteiger partial charge in [-0.2, -0.15) is 8.42 Å². The molecule has 11 heteroatoms. The van der Waals surface area contributed by atoms with Crippen LogP contribution >= 0.6 is 0 Å². The van der Waals surface area contributed by atoms with Crippen LogP contribution in [0.5, 0.6) is 0 Å². The standard InChI is InChI=1S/C15H19N7O2S2/c1-10-2-4-11(5-3-10)26(23,24)22-25-14-8-6-12(18-20-16)15(25)9-7-13(14)19-21-17/h2-5,12-15H,6-9H2,1H3/t12-,13-,14?,15?,25?/m1/s1. The van der Waals surface area contributed by atoms with E-state index >= 15 is 0 Å². The van der Waals surface area contributed by atoms with Crippen molar-refractivity contribution in [2.75, 3.05) is 0 Å². The molecule has 2 aliphatic heterocycles. The Morgan fingerprint density at radius 1 is 0.962 bits per heavy atom. The topological polar surface area (TPSA) is 144 Å². The van der Waals surface area contributed by atoms with Crippen LogP contribution in [0, 0.1) is 6.92 Å². The Morgan fingerprint density at radius 2 is 1.46 bits per heavy atom. The molecule has 0 aromatic heterocycles. The van der Waals surface area contributed by atoms with Crippen molar-refractivity contribution in [1.29, 1.82) is 0 Å². The van der Waals surface area contributed by atoms with Crippen LogP contribution in [0.25, 0.3) is 20.9 Å². The van der Waals surface area contributed by atoms with Gasteiger partial charge in [0.15, 0.2) is 0 Å². The van der Waals surface area contributed by atoms with Gasteiger partial charge < -0.3 is 0 Å². The number of azide groups is 2. The fourth-order valence-corrected chi connectivity index (χ4v) is 8.43. The van der Waals surface area contributed by atoms with Crippen molar-refractivity contribution in [3.8, 4) is 0 Å². The third-order valence-corrected chi connectivity index (χ3v) is 9.56. The molecule has 9 nitrogen and oxygen atoms in total. The van der Waals surface area contributed by atoms with E-state index in [1.807, 2.05) is 6.92 Å². The highest BCUT2D eigenvalue weighted by molar-refractivity contribution is 8.00. The minimum atomic E-state index is -3.83. The monoisotopic (exact) mass is 393 g/mol. The molecule has 1 aromatic carbocycles. The van der Waals surface area contributed by atoms with Crippen LogP contribution in [0.4, 0.5) is 0 Å². The molecule has 26 heavy (non-hydrogen) atoms. The number of rotatable bonds is 4. The maximum Gasteiger partial charge on any atom is 0.287 e. The molecule has 0 amide bonds. The molecular formula is C15H19N7O2S2. The summed E-state index contributed by atoms with van der Waals surface area (Å²) >= 11 is 0. The Bertz CT molecular complexity index is 880. The molecule has 0 aliphatic carbocycles. The average Bonchev–Trinajstić information content (AvgIpc) is 2.59. The lowest BCUT2D eigenvalue weighted by Crippen LogP contribution is -2.49. The first-order valence-corrected chi connectivity index (χ1v) is 11.1. The number of hydrogen-bond donors (Lipinski definition) is 0. The highest BCUT2D eigenvalue weighted by Gasteiger charge is 2.43. The molecule has 2 saturated heterocycles. The number of sulfonamides is 1. The molecular weight excluding hydrogens is 374 g/mol. The van der Waals surface area contributed by atoms with Gasteiger partial charge in [-0.1, -0.05) is 38.6 Å². The van der Waals surface area contributed by atoms with Crippen LogP contribution in [-0.2, 0) is 20.7 Å². The van der Waals surface area contributed by atoms with Crippen molar-refractivity contribution in [2.24, 2.45) is 14.0 Å². The van der Waals surface area contributed by atoms with Crippen molar-refractivity contribution >= 4 is 20.7 Å². The highest BCUT2D eigenvalue weighted by Crippen LogP contribution is 2.39. The van der Waals surface area contributed by atoms with Gasteiger partial charge in [-0.15, -0.1) is 3.77 Å². The lowest BCUT2D eigenvalue weighted by atomic mass is 9.92. The van der Waals surface area contributed by atoms with E-state index in [4.69, 9.17) is 11.1 Å². The Labute approximate surface area is 154 Å². The van der Waals surface area contributed by atoms with E-state index in [0.29, 0.717) is 25.7 Å². The second-order valence-corrected chi connectivity index (χ2v) is 10.4. The summed E-state index contributed by atoms with van der Waals surface area (Å²) in [5, 5.41) is 7.51. The first kappa shape index (κ1) is 18.7.